The van der Waals surface area contributed by atoms with Crippen molar-refractivity contribution in [2.75, 3.05) is 5.75 Å². The maximum absolute atomic E-state index is 5.53. The largest absolute Gasteiger partial charge is 0.129 e. The Morgan fingerprint density at radius 3 is 2.10 bits per heavy atom. The maximum Gasteiger partial charge on any atom is 0.129 e. The summed E-state index contributed by atoms with van der Waals surface area (Å²) < 4.78 is 1.01. The van der Waals surface area contributed by atoms with E-state index in [0.717, 1.165) is 21.1 Å². The minimum atomic E-state index is -1.30. The van der Waals surface area contributed by atoms with Crippen LogP contribution in [-0.2, 0) is 0 Å². The molecule has 0 aliphatic heterocycles. The van der Waals surface area contributed by atoms with Gasteiger partial charge in [-0.05, 0) is 29.5 Å². The second-order valence-corrected chi connectivity index (χ2v) is 19.7. The van der Waals surface area contributed by atoms with E-state index in [2.05, 4.69) is 75.0 Å². The quantitative estimate of drug-likeness (QED) is 0.390. The lowest BCUT2D eigenvalue weighted by molar-refractivity contribution is 1.38. The molecule has 114 valence electrons. The first-order chi connectivity index (χ1) is 9.57. The second-order valence-electron chi connectivity index (χ2n) is 7.52. The molecule has 0 aromatic heterocycles. The first kappa shape index (κ1) is 18.7. The van der Waals surface area contributed by atoms with Crippen molar-refractivity contribution in [2.45, 2.75) is 45.3 Å². The van der Waals surface area contributed by atoms with E-state index >= 15 is 0 Å². The number of hydrogen-bond acceptors (Lipinski definition) is 2. The van der Waals surface area contributed by atoms with Crippen molar-refractivity contribution in [3.8, 4) is 11.5 Å². The van der Waals surface area contributed by atoms with Crippen LogP contribution in [0.5, 0.6) is 0 Å². The van der Waals surface area contributed by atoms with Gasteiger partial charge in [0, 0.05) is 13.6 Å². The molecule has 0 atom stereocenters. The van der Waals surface area contributed by atoms with Crippen LogP contribution in [0.25, 0.3) is 0 Å². The normalized spacial score (nSPS) is 11.7. The van der Waals surface area contributed by atoms with Crippen molar-refractivity contribution >= 4 is 44.3 Å². The molecule has 1 aromatic carbocycles. The number of rotatable bonds is 4. The first-order valence-corrected chi connectivity index (χ1v) is 16.0. The predicted molar refractivity (Wildman–Crippen MR) is 109 cm³/mol. The van der Waals surface area contributed by atoms with Crippen molar-refractivity contribution in [2.24, 2.45) is 0 Å². The fourth-order valence-electron chi connectivity index (χ4n) is 1.48. The van der Waals surface area contributed by atoms with Gasteiger partial charge in [-0.3, -0.25) is 0 Å². The zero-order valence-corrected chi connectivity index (χ0v) is 17.7. The molecule has 0 spiro atoms. The molecule has 0 fully saturated rings. The van der Waals surface area contributed by atoms with Gasteiger partial charge in [0.05, 0.1) is 4.20 Å². The van der Waals surface area contributed by atoms with Gasteiger partial charge >= 0.3 is 0 Å². The van der Waals surface area contributed by atoms with Crippen LogP contribution in [0, 0.1) is 11.5 Å². The molecule has 0 saturated heterocycles. The van der Waals surface area contributed by atoms with Gasteiger partial charge < -0.3 is 0 Å². The molecule has 21 heavy (non-hydrogen) atoms. The molecule has 0 heterocycles. The molecule has 1 rings (SSSR count). The van der Waals surface area contributed by atoms with Crippen molar-refractivity contribution < 1.29 is 0 Å². The Morgan fingerprint density at radius 2 is 1.62 bits per heavy atom. The summed E-state index contributed by atoms with van der Waals surface area (Å²) in [5.41, 5.74) is 5.64. The Morgan fingerprint density at radius 1 is 1.05 bits per heavy atom. The second kappa shape index (κ2) is 7.78. The minimum absolute atomic E-state index is 0.957. The number of hydrogen-bond donors (Lipinski definition) is 0. The highest BCUT2D eigenvalue weighted by molar-refractivity contribution is 8.23. The van der Waals surface area contributed by atoms with Gasteiger partial charge in [-0.2, -0.15) is 0 Å². The summed E-state index contributed by atoms with van der Waals surface area (Å²) in [4.78, 5) is 0. The van der Waals surface area contributed by atoms with Crippen molar-refractivity contribution in [3.63, 3.8) is 0 Å². The Balaban J connectivity index is 2.61. The lowest BCUT2D eigenvalue weighted by Gasteiger charge is -2.15. The van der Waals surface area contributed by atoms with Gasteiger partial charge in [0.1, 0.15) is 8.07 Å². The van der Waals surface area contributed by atoms with Gasteiger partial charge in [-0.25, -0.2) is 0 Å². The molecule has 0 N–H and O–H groups in total. The highest BCUT2D eigenvalue weighted by Gasteiger charge is 2.13. The monoisotopic (exact) mass is 350 g/mol. The summed E-state index contributed by atoms with van der Waals surface area (Å²) in [6.07, 6.45) is 0. The molecule has 0 unspecified atom stereocenters. The Hall–Kier alpha value is -0.346. The van der Waals surface area contributed by atoms with Crippen molar-refractivity contribution in [3.05, 3.63) is 35.4 Å². The Kier molecular flexibility index (Phi) is 6.93. The van der Waals surface area contributed by atoms with Crippen molar-refractivity contribution in [1.82, 2.24) is 0 Å². The smallest absolute Gasteiger partial charge is 0.127 e. The first-order valence-electron chi connectivity index (χ1n) is 7.37. The van der Waals surface area contributed by atoms with E-state index in [9.17, 15) is 0 Å². The SMILES string of the molecule is C[Si](C)(C)C#Cc1ccc(C(=S)SCC[Si](C)(C)C)cc1. The molecule has 0 saturated carbocycles. The molecule has 0 radical (unpaired) electrons. The maximum atomic E-state index is 5.53. The van der Waals surface area contributed by atoms with E-state index in [-0.39, 0.29) is 0 Å². The van der Waals surface area contributed by atoms with E-state index < -0.39 is 16.1 Å². The number of benzene rings is 1. The fraction of sp³-hybridized carbons (Fsp3) is 0.471. The summed E-state index contributed by atoms with van der Waals surface area (Å²) in [5.74, 6) is 4.43. The van der Waals surface area contributed by atoms with E-state index in [1.165, 1.54) is 6.04 Å². The molecule has 0 aliphatic rings. The van der Waals surface area contributed by atoms with E-state index in [1.54, 1.807) is 0 Å². The van der Waals surface area contributed by atoms with E-state index in [4.69, 9.17) is 12.2 Å². The summed E-state index contributed by atoms with van der Waals surface area (Å²) in [6.45, 7) is 14.0. The highest BCUT2D eigenvalue weighted by Crippen LogP contribution is 2.19. The Labute approximate surface area is 142 Å². The molecule has 0 nitrogen and oxygen atoms in total. The topological polar surface area (TPSA) is 0 Å². The molecular formula is C17H26S2Si2. The standard InChI is InChI=1S/C17H26S2Si2/c1-20(2,3)13-11-15-7-9-16(10-8-15)17(18)19-12-14-21(4,5)6/h7-10H,12,14H2,1-6H3. The van der Waals surface area contributed by atoms with Gasteiger partial charge in [-0.1, -0.05) is 69.6 Å². The zero-order chi connectivity index (χ0) is 16.1. The predicted octanol–water partition coefficient (Wildman–Crippen LogP) is 5.66. The van der Waals surface area contributed by atoms with Crippen molar-refractivity contribution in [1.29, 1.82) is 0 Å². The minimum Gasteiger partial charge on any atom is -0.127 e. The third-order valence-corrected chi connectivity index (χ3v) is 7.27. The molecule has 4 heteroatoms. The van der Waals surface area contributed by atoms with Gasteiger partial charge in [0.2, 0.25) is 0 Å². The summed E-state index contributed by atoms with van der Waals surface area (Å²) in [7, 11) is -2.26. The fourth-order valence-corrected chi connectivity index (χ4v) is 5.73. The van der Waals surface area contributed by atoms with Gasteiger partial charge in [0.25, 0.3) is 0 Å². The summed E-state index contributed by atoms with van der Waals surface area (Å²) >= 11 is 7.34. The van der Waals surface area contributed by atoms with Crippen LogP contribution >= 0.6 is 24.0 Å². The molecule has 0 amide bonds. The van der Waals surface area contributed by atoms with Crippen LogP contribution in [0.2, 0.25) is 45.3 Å². The summed E-state index contributed by atoms with van der Waals surface area (Å²) in [6, 6.07) is 9.72. The van der Waals surface area contributed by atoms with Crippen LogP contribution in [-0.4, -0.2) is 26.1 Å². The van der Waals surface area contributed by atoms with Crippen LogP contribution in [0.15, 0.2) is 24.3 Å². The third-order valence-electron chi connectivity index (χ3n) is 2.79. The lowest BCUT2D eigenvalue weighted by atomic mass is 10.2. The van der Waals surface area contributed by atoms with E-state index in [1.807, 2.05) is 11.8 Å². The van der Waals surface area contributed by atoms with Crippen LogP contribution in [0.4, 0.5) is 0 Å². The Bertz CT molecular complexity index is 537. The number of thiocarbonyl (C=S) groups is 1. The highest BCUT2D eigenvalue weighted by atomic mass is 32.2. The van der Waals surface area contributed by atoms with Gasteiger partial charge in [0.15, 0.2) is 0 Å². The molecule has 1 aromatic rings. The average molecular weight is 351 g/mol. The summed E-state index contributed by atoms with van der Waals surface area (Å²) in [5, 5.41) is 0. The molecule has 0 aliphatic carbocycles. The average Bonchev–Trinajstić information content (AvgIpc) is 2.34. The number of thioether (sulfide) groups is 1. The van der Waals surface area contributed by atoms with Gasteiger partial charge in [-0.15, -0.1) is 17.3 Å². The lowest BCUT2D eigenvalue weighted by Crippen LogP contribution is -2.20. The van der Waals surface area contributed by atoms with Crippen LogP contribution in [0.3, 0.4) is 0 Å². The third kappa shape index (κ3) is 8.62. The zero-order valence-electron chi connectivity index (χ0n) is 14.0. The molecular weight excluding hydrogens is 324 g/mol. The van der Waals surface area contributed by atoms with Crippen LogP contribution < -0.4 is 0 Å². The molecule has 0 bridgehead atoms. The van der Waals surface area contributed by atoms with Crippen LogP contribution in [0.1, 0.15) is 11.1 Å². The van der Waals surface area contributed by atoms with E-state index in [0.29, 0.717) is 0 Å².